The molecule has 5 rings (SSSR count). The molecule has 0 bridgehead atoms. The zero-order valence-corrected chi connectivity index (χ0v) is 16.6. The first kappa shape index (κ1) is 18.8. The van der Waals surface area contributed by atoms with E-state index in [4.69, 9.17) is 5.73 Å². The summed E-state index contributed by atoms with van der Waals surface area (Å²) < 4.78 is 0. The Morgan fingerprint density at radius 3 is 2.76 bits per heavy atom. The summed E-state index contributed by atoms with van der Waals surface area (Å²) in [4.78, 5) is 38.0. The first-order valence-electron chi connectivity index (χ1n) is 10.7. The van der Waals surface area contributed by atoms with Crippen molar-refractivity contribution in [1.29, 1.82) is 0 Å². The maximum Gasteiger partial charge on any atom is 0.255 e. The summed E-state index contributed by atoms with van der Waals surface area (Å²) in [5.41, 5.74) is 9.15. The van der Waals surface area contributed by atoms with E-state index < -0.39 is 6.04 Å². The smallest absolute Gasteiger partial charge is 0.255 e. The molecule has 3 fully saturated rings. The predicted molar refractivity (Wildman–Crippen MR) is 107 cm³/mol. The molecule has 2 heterocycles. The van der Waals surface area contributed by atoms with Gasteiger partial charge in [0.25, 0.3) is 5.91 Å². The molecule has 2 aliphatic carbocycles. The van der Waals surface area contributed by atoms with Crippen LogP contribution in [0.4, 0.5) is 0 Å². The maximum atomic E-state index is 12.8. The van der Waals surface area contributed by atoms with Crippen LogP contribution in [0.1, 0.15) is 60.0 Å². The van der Waals surface area contributed by atoms with Gasteiger partial charge in [-0.15, -0.1) is 0 Å². The number of piperidine rings is 1. The second-order valence-corrected chi connectivity index (χ2v) is 9.08. The van der Waals surface area contributed by atoms with Gasteiger partial charge in [-0.3, -0.25) is 19.7 Å². The fourth-order valence-electron chi connectivity index (χ4n) is 5.82. The average molecular weight is 396 g/mol. The highest BCUT2D eigenvalue weighted by atomic mass is 16.2. The van der Waals surface area contributed by atoms with Gasteiger partial charge in [0.15, 0.2) is 0 Å². The molecular formula is C22H28N4O3. The zero-order valence-electron chi connectivity index (χ0n) is 16.6. The van der Waals surface area contributed by atoms with E-state index in [9.17, 15) is 14.4 Å². The van der Waals surface area contributed by atoms with Crippen molar-refractivity contribution in [3.8, 4) is 0 Å². The van der Waals surface area contributed by atoms with Gasteiger partial charge in [0.05, 0.1) is 0 Å². The number of hydrogen-bond donors (Lipinski definition) is 3. The third-order valence-corrected chi connectivity index (χ3v) is 7.74. The number of rotatable bonds is 5. The van der Waals surface area contributed by atoms with Crippen LogP contribution in [0.5, 0.6) is 0 Å². The highest BCUT2D eigenvalue weighted by molar-refractivity contribution is 6.05. The minimum atomic E-state index is -0.559. The lowest BCUT2D eigenvalue weighted by Crippen LogP contribution is -2.64. The van der Waals surface area contributed by atoms with Crippen molar-refractivity contribution in [2.75, 3.05) is 6.54 Å². The number of nitrogens with zero attached hydrogens (tertiary/aromatic N) is 1. The number of hydrogen-bond acceptors (Lipinski definition) is 5. The van der Waals surface area contributed by atoms with Crippen molar-refractivity contribution >= 4 is 17.7 Å². The van der Waals surface area contributed by atoms with Crippen molar-refractivity contribution in [2.45, 2.75) is 63.7 Å². The number of nitrogens with two attached hydrogens (primary N) is 1. The van der Waals surface area contributed by atoms with E-state index in [-0.39, 0.29) is 24.1 Å². The zero-order chi connectivity index (χ0) is 20.2. The van der Waals surface area contributed by atoms with Crippen LogP contribution >= 0.6 is 0 Å². The van der Waals surface area contributed by atoms with Crippen LogP contribution < -0.4 is 16.4 Å². The number of carbonyl (C=O) groups is 3. The minimum Gasteiger partial charge on any atom is -0.330 e. The Labute approximate surface area is 170 Å². The lowest BCUT2D eigenvalue weighted by atomic mass is 9.47. The normalized spacial score (nSPS) is 30.0. The average Bonchev–Trinajstić information content (AvgIpc) is 2.96. The largest absolute Gasteiger partial charge is 0.330 e. The molecule has 3 unspecified atom stereocenters. The molecule has 1 aromatic carbocycles. The second kappa shape index (κ2) is 6.92. The number of imide groups is 1. The molecule has 1 spiro atoms. The summed E-state index contributed by atoms with van der Waals surface area (Å²) in [5.74, 6) is -0.0870. The molecule has 0 radical (unpaired) electrons. The van der Waals surface area contributed by atoms with Crippen LogP contribution in [-0.2, 0) is 22.7 Å². The topological polar surface area (TPSA) is 105 Å². The van der Waals surface area contributed by atoms with Crippen LogP contribution in [0.2, 0.25) is 0 Å². The Hall–Kier alpha value is -2.25. The Bertz CT molecular complexity index is 879. The van der Waals surface area contributed by atoms with Gasteiger partial charge in [0, 0.05) is 31.1 Å². The molecule has 3 amide bonds. The van der Waals surface area contributed by atoms with E-state index in [2.05, 4.69) is 16.7 Å². The molecule has 2 aliphatic heterocycles. The molecule has 4 N–H and O–H groups in total. The van der Waals surface area contributed by atoms with Gasteiger partial charge >= 0.3 is 0 Å². The fraction of sp³-hybridized carbons (Fsp3) is 0.591. The van der Waals surface area contributed by atoms with Gasteiger partial charge in [0.2, 0.25) is 11.8 Å². The highest BCUT2D eigenvalue weighted by Crippen LogP contribution is 2.59. The van der Waals surface area contributed by atoms with E-state index in [1.54, 1.807) is 4.90 Å². The lowest BCUT2D eigenvalue weighted by molar-refractivity contribution is -0.136. The Balaban J connectivity index is 1.25. The standard InChI is InChI=1S/C22H28N4O3/c23-10-15-9-18(22(15)6-1-7-22)24-11-13-2-3-16-14(8-13)12-26(21(16)29)17-4-5-19(27)25-20(17)28/h2-3,8,15,17-18,24H,1,4-7,9-12,23H2,(H,25,27,28). The van der Waals surface area contributed by atoms with E-state index in [1.165, 1.54) is 19.3 Å². The number of amides is 3. The molecule has 7 heteroatoms. The van der Waals surface area contributed by atoms with Crippen molar-refractivity contribution < 1.29 is 14.4 Å². The monoisotopic (exact) mass is 396 g/mol. The van der Waals surface area contributed by atoms with Gasteiger partial charge in [-0.2, -0.15) is 0 Å². The van der Waals surface area contributed by atoms with Crippen LogP contribution in [-0.4, -0.2) is 41.2 Å². The van der Waals surface area contributed by atoms with Gasteiger partial charge in [-0.05, 0) is 60.8 Å². The summed E-state index contributed by atoms with van der Waals surface area (Å²) in [6.45, 7) is 2.00. The number of carbonyl (C=O) groups excluding carboxylic acids is 3. The van der Waals surface area contributed by atoms with Crippen molar-refractivity contribution in [3.63, 3.8) is 0 Å². The van der Waals surface area contributed by atoms with Crippen molar-refractivity contribution in [3.05, 3.63) is 34.9 Å². The minimum absolute atomic E-state index is 0.118. The van der Waals surface area contributed by atoms with E-state index >= 15 is 0 Å². The summed E-state index contributed by atoms with van der Waals surface area (Å²) in [6, 6.07) is 5.95. The van der Waals surface area contributed by atoms with Crippen molar-refractivity contribution in [2.24, 2.45) is 17.1 Å². The summed E-state index contributed by atoms with van der Waals surface area (Å²) >= 11 is 0. The molecule has 4 aliphatic rings. The van der Waals surface area contributed by atoms with Crippen molar-refractivity contribution in [1.82, 2.24) is 15.5 Å². The quantitative estimate of drug-likeness (QED) is 0.646. The molecular weight excluding hydrogens is 368 g/mol. The van der Waals surface area contributed by atoms with E-state index in [1.807, 2.05) is 12.1 Å². The Kier molecular flexibility index (Phi) is 4.47. The second-order valence-electron chi connectivity index (χ2n) is 9.08. The van der Waals surface area contributed by atoms with Crippen LogP contribution in [0.3, 0.4) is 0 Å². The highest BCUT2D eigenvalue weighted by Gasteiger charge is 2.56. The molecule has 1 aromatic rings. The maximum absolute atomic E-state index is 12.8. The summed E-state index contributed by atoms with van der Waals surface area (Å²) in [6.07, 6.45) is 5.71. The third-order valence-electron chi connectivity index (χ3n) is 7.74. The van der Waals surface area contributed by atoms with Gasteiger partial charge < -0.3 is 16.0 Å². The number of nitrogens with one attached hydrogen (secondary N) is 2. The molecule has 2 saturated carbocycles. The fourth-order valence-corrected chi connectivity index (χ4v) is 5.82. The summed E-state index contributed by atoms with van der Waals surface area (Å²) in [7, 11) is 0. The van der Waals surface area contributed by atoms with Gasteiger partial charge in [-0.25, -0.2) is 0 Å². The van der Waals surface area contributed by atoms with E-state index in [0.717, 1.165) is 30.6 Å². The molecule has 7 nitrogen and oxygen atoms in total. The first-order chi connectivity index (χ1) is 14.0. The van der Waals surface area contributed by atoms with Gasteiger partial charge in [0.1, 0.15) is 6.04 Å². The van der Waals surface area contributed by atoms with Crippen LogP contribution in [0.25, 0.3) is 0 Å². The lowest BCUT2D eigenvalue weighted by Gasteiger charge is -2.62. The molecule has 3 atom stereocenters. The first-order valence-corrected chi connectivity index (χ1v) is 10.7. The number of fused-ring (bicyclic) bond motifs is 1. The Morgan fingerprint density at radius 1 is 1.24 bits per heavy atom. The van der Waals surface area contributed by atoms with E-state index in [0.29, 0.717) is 35.9 Å². The summed E-state index contributed by atoms with van der Waals surface area (Å²) in [5, 5.41) is 6.07. The number of benzene rings is 1. The molecule has 154 valence electrons. The van der Waals surface area contributed by atoms with Gasteiger partial charge in [-0.1, -0.05) is 18.6 Å². The molecule has 1 saturated heterocycles. The molecule has 29 heavy (non-hydrogen) atoms. The predicted octanol–water partition coefficient (Wildman–Crippen LogP) is 1.05. The van der Waals surface area contributed by atoms with Crippen LogP contribution in [0, 0.1) is 11.3 Å². The van der Waals surface area contributed by atoms with Crippen LogP contribution in [0.15, 0.2) is 18.2 Å². The molecule has 0 aromatic heterocycles. The SMILES string of the molecule is NCC1CC(NCc2ccc3c(c2)CN(C2CCC(=O)NC2=O)C3=O)C12CCC2. The Morgan fingerprint density at radius 2 is 2.07 bits per heavy atom. The third kappa shape index (κ3) is 2.90.